The number of nitrogens with zero attached hydrogens (tertiary/aromatic N) is 4. The Kier molecular flexibility index (Phi) is 6.57. The number of aromatic nitrogens is 3. The molecule has 3 aromatic rings. The number of benzene rings is 1. The molecule has 7 nitrogen and oxygen atoms in total. The molecule has 2 heterocycles. The lowest BCUT2D eigenvalue weighted by atomic mass is 10.0. The fourth-order valence-electron chi connectivity index (χ4n) is 3.28. The zero-order valence-electron chi connectivity index (χ0n) is 17.3. The second-order valence-electron chi connectivity index (χ2n) is 7.34. The molecule has 1 N–H and O–H groups in total. The van der Waals surface area contributed by atoms with E-state index in [4.69, 9.17) is 0 Å². The summed E-state index contributed by atoms with van der Waals surface area (Å²) in [5, 5.41) is 6.91. The Bertz CT molecular complexity index is 1120. The van der Waals surface area contributed by atoms with Crippen molar-refractivity contribution >= 4 is 22.8 Å². The van der Waals surface area contributed by atoms with Gasteiger partial charge in [0.05, 0.1) is 17.3 Å². The molecule has 31 heavy (non-hydrogen) atoms. The van der Waals surface area contributed by atoms with Crippen LogP contribution in [-0.2, 0) is 16.1 Å². The number of pyridine rings is 1. The molecule has 2 aromatic heterocycles. The minimum atomic E-state index is -2.93. The third kappa shape index (κ3) is 5.19. The van der Waals surface area contributed by atoms with Crippen LogP contribution in [0.4, 0.5) is 13.2 Å². The lowest BCUT2D eigenvalue weighted by Crippen LogP contribution is -2.42. The monoisotopic (exact) mass is 433 g/mol. The van der Waals surface area contributed by atoms with Gasteiger partial charge in [-0.2, -0.15) is 5.10 Å². The van der Waals surface area contributed by atoms with E-state index in [-0.39, 0.29) is 24.4 Å². The van der Waals surface area contributed by atoms with Crippen molar-refractivity contribution in [2.75, 3.05) is 13.6 Å². The van der Waals surface area contributed by atoms with Crippen molar-refractivity contribution in [3.8, 4) is 11.1 Å². The van der Waals surface area contributed by atoms with E-state index < -0.39 is 17.8 Å². The van der Waals surface area contributed by atoms with Gasteiger partial charge in [0.25, 0.3) is 6.43 Å². The van der Waals surface area contributed by atoms with Gasteiger partial charge in [-0.1, -0.05) is 6.07 Å². The summed E-state index contributed by atoms with van der Waals surface area (Å²) >= 11 is 0. The van der Waals surface area contributed by atoms with Crippen molar-refractivity contribution in [1.29, 1.82) is 0 Å². The van der Waals surface area contributed by atoms with E-state index >= 15 is 0 Å². The van der Waals surface area contributed by atoms with Gasteiger partial charge < -0.3 is 10.2 Å². The van der Waals surface area contributed by atoms with Gasteiger partial charge in [0, 0.05) is 38.3 Å². The summed E-state index contributed by atoms with van der Waals surface area (Å²) in [5.74, 6) is -1.38. The first-order valence-electron chi connectivity index (χ1n) is 9.56. The van der Waals surface area contributed by atoms with E-state index in [0.717, 1.165) is 12.1 Å². The number of carbonyl (C=O) groups is 2. The maximum absolute atomic E-state index is 13.6. The van der Waals surface area contributed by atoms with Crippen LogP contribution >= 0.6 is 0 Å². The molecule has 0 aliphatic heterocycles. The van der Waals surface area contributed by atoms with Crippen molar-refractivity contribution in [2.45, 2.75) is 32.9 Å². The number of likely N-dealkylation sites (N-methyl/N-ethyl adjacent to an activating group) is 1. The number of hydrogen-bond donors (Lipinski definition) is 1. The summed E-state index contributed by atoms with van der Waals surface area (Å²) in [4.78, 5) is 29.5. The minimum absolute atomic E-state index is 0.0658. The van der Waals surface area contributed by atoms with E-state index in [1.165, 1.54) is 35.0 Å². The van der Waals surface area contributed by atoms with Crippen LogP contribution in [0.1, 0.15) is 25.8 Å². The molecule has 10 heteroatoms. The fraction of sp³-hybridized carbons (Fsp3) is 0.333. The van der Waals surface area contributed by atoms with E-state index in [0.29, 0.717) is 28.7 Å². The summed E-state index contributed by atoms with van der Waals surface area (Å²) in [7, 11) is 1.63. The van der Waals surface area contributed by atoms with E-state index in [1.54, 1.807) is 20.0 Å². The number of fused-ring (bicyclic) bond motifs is 1. The van der Waals surface area contributed by atoms with E-state index in [2.05, 4.69) is 15.4 Å². The van der Waals surface area contributed by atoms with E-state index in [1.807, 2.05) is 0 Å². The topological polar surface area (TPSA) is 80.1 Å². The zero-order chi connectivity index (χ0) is 22.7. The number of hydrogen-bond acceptors (Lipinski definition) is 4. The first-order chi connectivity index (χ1) is 14.7. The normalized spacial score (nSPS) is 12.2. The van der Waals surface area contributed by atoms with Crippen LogP contribution < -0.4 is 5.32 Å². The Hall–Kier alpha value is -3.43. The molecule has 3 rings (SSSR count). The Morgan fingerprint density at radius 3 is 2.61 bits per heavy atom. The standard InChI is InChI=1S/C21H22F3N5O2/c1-12(27-13(2)30)10-28(3)20(31)11-29-19-7-15(8-25-18(19)9-26-29)14-4-5-17(22)16(6-14)21(23)24/h4-9,12,21H,10-11H2,1-3H3,(H,27,30). The number of halogens is 3. The number of amides is 2. The average molecular weight is 433 g/mol. The number of rotatable bonds is 7. The lowest BCUT2D eigenvalue weighted by molar-refractivity contribution is -0.131. The summed E-state index contributed by atoms with van der Waals surface area (Å²) < 4.78 is 41.1. The second kappa shape index (κ2) is 9.15. The Labute approximate surface area is 176 Å². The summed E-state index contributed by atoms with van der Waals surface area (Å²) in [6, 6.07) is 4.94. The van der Waals surface area contributed by atoms with Crippen LogP contribution in [0.25, 0.3) is 22.2 Å². The highest BCUT2D eigenvalue weighted by Gasteiger charge is 2.17. The maximum Gasteiger partial charge on any atom is 0.266 e. The SMILES string of the molecule is CC(=O)NC(C)CN(C)C(=O)Cn1ncc2ncc(-c3ccc(F)c(C(F)F)c3)cc21. The molecule has 0 radical (unpaired) electrons. The summed E-state index contributed by atoms with van der Waals surface area (Å²) in [5.41, 5.74) is 1.26. The quantitative estimate of drug-likeness (QED) is 0.621. The number of carbonyl (C=O) groups excluding carboxylic acids is 2. The largest absolute Gasteiger partial charge is 0.352 e. The molecule has 1 aromatic carbocycles. The van der Waals surface area contributed by atoms with Crippen LogP contribution in [0.3, 0.4) is 0 Å². The molecule has 0 bridgehead atoms. The zero-order valence-corrected chi connectivity index (χ0v) is 17.3. The smallest absolute Gasteiger partial charge is 0.266 e. The van der Waals surface area contributed by atoms with Crippen molar-refractivity contribution in [3.63, 3.8) is 0 Å². The van der Waals surface area contributed by atoms with Gasteiger partial charge in [-0.15, -0.1) is 0 Å². The van der Waals surface area contributed by atoms with Crippen molar-refractivity contribution in [2.24, 2.45) is 0 Å². The van der Waals surface area contributed by atoms with Gasteiger partial charge in [-0.05, 0) is 30.7 Å². The predicted molar refractivity (Wildman–Crippen MR) is 109 cm³/mol. The highest BCUT2D eigenvalue weighted by Crippen LogP contribution is 2.29. The van der Waals surface area contributed by atoms with Crippen LogP contribution in [0, 0.1) is 5.82 Å². The van der Waals surface area contributed by atoms with Crippen molar-refractivity contribution in [1.82, 2.24) is 25.0 Å². The first-order valence-corrected chi connectivity index (χ1v) is 9.56. The van der Waals surface area contributed by atoms with Gasteiger partial charge in [0.15, 0.2) is 0 Å². The molecular weight excluding hydrogens is 411 g/mol. The lowest BCUT2D eigenvalue weighted by Gasteiger charge is -2.22. The number of nitrogens with one attached hydrogen (secondary N) is 1. The molecule has 2 amide bonds. The molecule has 0 aliphatic carbocycles. The number of alkyl halides is 2. The Morgan fingerprint density at radius 2 is 1.94 bits per heavy atom. The molecule has 1 atom stereocenters. The summed E-state index contributed by atoms with van der Waals surface area (Å²) in [6.07, 6.45) is 0.0526. The molecule has 0 saturated carbocycles. The molecule has 164 valence electrons. The van der Waals surface area contributed by atoms with Crippen LogP contribution in [-0.4, -0.2) is 51.1 Å². The molecule has 0 saturated heterocycles. The van der Waals surface area contributed by atoms with Gasteiger partial charge in [0.2, 0.25) is 11.8 Å². The van der Waals surface area contributed by atoms with Crippen LogP contribution in [0.15, 0.2) is 36.7 Å². The first kappa shape index (κ1) is 22.3. The second-order valence-corrected chi connectivity index (χ2v) is 7.34. The maximum atomic E-state index is 13.6. The van der Waals surface area contributed by atoms with Crippen molar-refractivity contribution in [3.05, 3.63) is 48.0 Å². The van der Waals surface area contributed by atoms with Gasteiger partial charge >= 0.3 is 0 Å². The highest BCUT2D eigenvalue weighted by molar-refractivity contribution is 5.83. The van der Waals surface area contributed by atoms with E-state index in [9.17, 15) is 22.8 Å². The van der Waals surface area contributed by atoms with Crippen molar-refractivity contribution < 1.29 is 22.8 Å². The van der Waals surface area contributed by atoms with Gasteiger partial charge in [-0.3, -0.25) is 19.3 Å². The minimum Gasteiger partial charge on any atom is -0.352 e. The molecule has 1 unspecified atom stereocenters. The fourth-order valence-corrected chi connectivity index (χ4v) is 3.28. The highest BCUT2D eigenvalue weighted by atomic mass is 19.3. The van der Waals surface area contributed by atoms with Gasteiger partial charge in [0.1, 0.15) is 17.9 Å². The van der Waals surface area contributed by atoms with Crippen LogP contribution in [0.5, 0.6) is 0 Å². The van der Waals surface area contributed by atoms with Crippen LogP contribution in [0.2, 0.25) is 0 Å². The Morgan fingerprint density at radius 1 is 1.19 bits per heavy atom. The third-order valence-corrected chi connectivity index (χ3v) is 4.77. The molecule has 0 spiro atoms. The third-order valence-electron chi connectivity index (χ3n) is 4.77. The predicted octanol–water partition coefficient (Wildman–Crippen LogP) is 3.16. The molecule has 0 aliphatic rings. The van der Waals surface area contributed by atoms with Gasteiger partial charge in [-0.25, -0.2) is 13.2 Å². The average Bonchev–Trinajstić information content (AvgIpc) is 3.09. The summed E-state index contributed by atoms with van der Waals surface area (Å²) in [6.45, 7) is 3.46. The molecule has 0 fully saturated rings. The Balaban J connectivity index is 1.83. The molecular formula is C21H22F3N5O2.